The Hall–Kier alpha value is -1.57. The normalized spacial score (nSPS) is 10.4. The average Bonchev–Trinajstić information content (AvgIpc) is 2.66. The van der Waals surface area contributed by atoms with Gasteiger partial charge in [0.1, 0.15) is 0 Å². The van der Waals surface area contributed by atoms with E-state index in [2.05, 4.69) is 42.0 Å². The van der Waals surface area contributed by atoms with Gasteiger partial charge in [-0.1, -0.05) is 18.2 Å². The van der Waals surface area contributed by atoms with Crippen LogP contribution in [0.15, 0.2) is 30.7 Å². The standard InChI is InChI=1S/C12H14N2/c1-9-4-3-5-11(10(9)2)6-12-7-13-8-14-12/h3-5,7-8H,6H2,1-2H3,(H,13,14)/i8+1,13+1,14+1. The first-order chi connectivity index (χ1) is 6.77. The predicted octanol–water partition coefficient (Wildman–Crippen LogP) is 2.62. The summed E-state index contributed by atoms with van der Waals surface area (Å²) in [6, 6.07) is 6.42. The van der Waals surface area contributed by atoms with Crippen molar-refractivity contribution in [2.45, 2.75) is 20.3 Å². The van der Waals surface area contributed by atoms with E-state index >= 15 is 0 Å². The maximum atomic E-state index is 4.01. The number of imidazole rings is 1. The molecular formula is C12H14N2. The smallest absolute Gasteiger partial charge is 0.0921 e. The van der Waals surface area contributed by atoms with Crippen molar-refractivity contribution in [3.8, 4) is 0 Å². The zero-order valence-corrected chi connectivity index (χ0v) is 8.54. The monoisotopic (exact) mass is 189 g/mol. The quantitative estimate of drug-likeness (QED) is 0.772. The molecule has 0 aliphatic heterocycles. The molecule has 0 radical (unpaired) electrons. The minimum absolute atomic E-state index is 0.938. The summed E-state index contributed by atoms with van der Waals surface area (Å²) >= 11 is 0. The first-order valence-corrected chi connectivity index (χ1v) is 4.79. The molecule has 0 aliphatic rings. The van der Waals surface area contributed by atoms with E-state index in [0.29, 0.717) is 0 Å². The number of H-pyrrole nitrogens is 1. The van der Waals surface area contributed by atoms with Gasteiger partial charge in [-0.15, -0.1) is 0 Å². The lowest BCUT2D eigenvalue weighted by Crippen LogP contribution is -1.93. The lowest BCUT2D eigenvalue weighted by molar-refractivity contribution is 1.08. The molecule has 0 aliphatic carbocycles. The third kappa shape index (κ3) is 1.69. The maximum absolute atomic E-state index is 4.01. The summed E-state index contributed by atoms with van der Waals surface area (Å²) in [6.45, 7) is 4.31. The van der Waals surface area contributed by atoms with Crippen molar-refractivity contribution in [1.29, 1.82) is 0 Å². The van der Waals surface area contributed by atoms with Gasteiger partial charge < -0.3 is 4.98 Å². The molecule has 2 nitrogen and oxygen atoms in total. The minimum Gasteiger partial charge on any atom is -0.348 e. The summed E-state index contributed by atoms with van der Waals surface area (Å²) < 4.78 is 0. The van der Waals surface area contributed by atoms with Crippen LogP contribution in [0.4, 0.5) is 0 Å². The number of nitrogens with one attached hydrogen (secondary N) is 1. The summed E-state index contributed by atoms with van der Waals surface area (Å²) in [4.78, 5) is 7.14. The van der Waals surface area contributed by atoms with Crippen LogP contribution in [0, 0.1) is 13.8 Å². The van der Waals surface area contributed by atoms with Crippen LogP contribution in [0.2, 0.25) is 0 Å². The maximum Gasteiger partial charge on any atom is 0.0921 e. The van der Waals surface area contributed by atoms with Crippen LogP contribution in [0.5, 0.6) is 0 Å². The van der Waals surface area contributed by atoms with Gasteiger partial charge in [-0.3, -0.25) is 0 Å². The van der Waals surface area contributed by atoms with E-state index in [9.17, 15) is 0 Å². The number of benzene rings is 1. The van der Waals surface area contributed by atoms with Gasteiger partial charge in [0, 0.05) is 18.3 Å². The third-order valence-electron chi connectivity index (χ3n) is 2.65. The molecule has 0 saturated carbocycles. The molecule has 0 saturated heterocycles. The fourth-order valence-electron chi connectivity index (χ4n) is 1.59. The van der Waals surface area contributed by atoms with Crippen molar-refractivity contribution in [3.63, 3.8) is 0 Å². The van der Waals surface area contributed by atoms with Crippen molar-refractivity contribution in [3.05, 3.63) is 53.1 Å². The minimum atomic E-state index is 0.938. The fourth-order valence-corrected chi connectivity index (χ4v) is 1.59. The second-order valence-corrected chi connectivity index (χ2v) is 3.61. The molecule has 1 aromatic heterocycles. The zero-order valence-electron chi connectivity index (χ0n) is 8.54. The Labute approximate surface area is 84.0 Å². The zero-order chi connectivity index (χ0) is 9.97. The molecular weight excluding hydrogens is 175 g/mol. The summed E-state index contributed by atoms with van der Waals surface area (Å²) in [5.41, 5.74) is 5.26. The summed E-state index contributed by atoms with van der Waals surface area (Å²) in [5.74, 6) is 0. The van der Waals surface area contributed by atoms with Crippen molar-refractivity contribution < 1.29 is 0 Å². The largest absolute Gasteiger partial charge is 0.348 e. The van der Waals surface area contributed by atoms with Crippen molar-refractivity contribution in [2.75, 3.05) is 0 Å². The van der Waals surface area contributed by atoms with Gasteiger partial charge in [0.05, 0.1) is 6.33 Å². The van der Waals surface area contributed by atoms with Gasteiger partial charge in [-0.2, -0.15) is 0 Å². The number of aromatic nitrogens is 2. The van der Waals surface area contributed by atoms with E-state index in [1.54, 1.807) is 6.33 Å². The highest BCUT2D eigenvalue weighted by molar-refractivity contribution is 5.35. The molecule has 0 bridgehead atoms. The van der Waals surface area contributed by atoms with Crippen molar-refractivity contribution in [1.82, 2.24) is 9.97 Å². The van der Waals surface area contributed by atoms with Crippen LogP contribution in [-0.4, -0.2) is 9.97 Å². The lowest BCUT2D eigenvalue weighted by atomic mass is 10.0. The molecule has 0 amide bonds. The lowest BCUT2D eigenvalue weighted by Gasteiger charge is -2.06. The SMILES string of the molecule is Cc1cccc(Cc2c[15n][13cH][15nH]2)c1C. The Morgan fingerprint density at radius 3 is 2.86 bits per heavy atom. The second-order valence-electron chi connectivity index (χ2n) is 3.61. The van der Waals surface area contributed by atoms with Crippen molar-refractivity contribution >= 4 is 0 Å². The summed E-state index contributed by atoms with van der Waals surface area (Å²) in [5, 5.41) is 0. The molecule has 14 heavy (non-hydrogen) atoms. The van der Waals surface area contributed by atoms with E-state index in [4.69, 9.17) is 0 Å². The topological polar surface area (TPSA) is 28.7 Å². The molecule has 2 heteroatoms. The van der Waals surface area contributed by atoms with Crippen LogP contribution in [0.25, 0.3) is 0 Å². The number of aromatic amines is 1. The van der Waals surface area contributed by atoms with Crippen LogP contribution in [-0.2, 0) is 6.42 Å². The first-order valence-electron chi connectivity index (χ1n) is 4.79. The highest BCUT2D eigenvalue weighted by atomic mass is 15.7. The third-order valence-corrected chi connectivity index (χ3v) is 2.65. The highest BCUT2D eigenvalue weighted by Gasteiger charge is 2.02. The second kappa shape index (κ2) is 3.66. The molecule has 2 rings (SSSR count). The van der Waals surface area contributed by atoms with E-state index < -0.39 is 0 Å². The summed E-state index contributed by atoms with van der Waals surface area (Å²) in [6.07, 6.45) is 4.54. The highest BCUT2D eigenvalue weighted by Crippen LogP contribution is 2.15. The number of hydrogen-bond acceptors (Lipinski definition) is 1. The Balaban J connectivity index is 2.29. The first kappa shape index (κ1) is 9.00. The van der Waals surface area contributed by atoms with E-state index in [-0.39, 0.29) is 0 Å². The van der Waals surface area contributed by atoms with Gasteiger partial charge in [-0.05, 0) is 30.5 Å². The van der Waals surface area contributed by atoms with Crippen molar-refractivity contribution in [2.24, 2.45) is 0 Å². The predicted molar refractivity (Wildman–Crippen MR) is 57.3 cm³/mol. The molecule has 1 aromatic carbocycles. The molecule has 1 heterocycles. The number of aryl methyl sites for hydroxylation is 1. The Kier molecular flexibility index (Phi) is 2.35. The number of rotatable bonds is 2. The van der Waals surface area contributed by atoms with Crippen LogP contribution < -0.4 is 0 Å². The van der Waals surface area contributed by atoms with E-state index in [1.807, 2.05) is 6.20 Å². The van der Waals surface area contributed by atoms with Crippen LogP contribution in [0.1, 0.15) is 22.4 Å². The summed E-state index contributed by atoms with van der Waals surface area (Å²) in [7, 11) is 0. The van der Waals surface area contributed by atoms with E-state index in [1.165, 1.54) is 22.4 Å². The Bertz CT molecular complexity index is 416. The molecule has 0 atom stereocenters. The molecule has 0 unspecified atom stereocenters. The van der Waals surface area contributed by atoms with Gasteiger partial charge in [0.2, 0.25) is 0 Å². The van der Waals surface area contributed by atoms with Crippen LogP contribution in [0.3, 0.4) is 0 Å². The molecule has 1 N–H and O–H groups in total. The Morgan fingerprint density at radius 1 is 1.29 bits per heavy atom. The Morgan fingerprint density at radius 2 is 2.14 bits per heavy atom. The molecule has 2 aromatic rings. The van der Waals surface area contributed by atoms with Gasteiger partial charge in [0.15, 0.2) is 0 Å². The van der Waals surface area contributed by atoms with Crippen LogP contribution >= 0.6 is 0 Å². The fraction of sp³-hybridized carbons (Fsp3) is 0.250. The number of nitrogens with zero attached hydrogens (tertiary/aromatic N) is 1. The molecule has 0 fully saturated rings. The van der Waals surface area contributed by atoms with Gasteiger partial charge in [0.25, 0.3) is 0 Å². The molecule has 0 spiro atoms. The molecule has 72 valence electrons. The number of hydrogen-bond donors (Lipinski definition) is 1. The van der Waals surface area contributed by atoms with Gasteiger partial charge in [-0.25, -0.2) is 4.98 Å². The average molecular weight is 189 g/mol. The van der Waals surface area contributed by atoms with Gasteiger partial charge >= 0.3 is 0 Å². The van der Waals surface area contributed by atoms with E-state index in [0.717, 1.165) is 6.42 Å².